The van der Waals surface area contributed by atoms with Crippen molar-refractivity contribution in [2.24, 2.45) is 5.92 Å². The van der Waals surface area contributed by atoms with E-state index >= 15 is 0 Å². The minimum atomic E-state index is -0.647. The number of amides is 1. The third kappa shape index (κ3) is 4.87. The predicted octanol–water partition coefficient (Wildman–Crippen LogP) is 3.94. The third-order valence-corrected chi connectivity index (χ3v) is 8.29. The summed E-state index contributed by atoms with van der Waals surface area (Å²) >= 11 is 2.50. The zero-order valence-corrected chi connectivity index (χ0v) is 21.7. The minimum absolute atomic E-state index is 0.107. The Labute approximate surface area is 210 Å². The molecule has 3 heterocycles. The molecule has 9 nitrogen and oxygen atoms in total. The number of thiophene rings is 2. The van der Waals surface area contributed by atoms with Crippen molar-refractivity contribution in [1.29, 1.82) is 0 Å². The van der Waals surface area contributed by atoms with Gasteiger partial charge in [-0.2, -0.15) is 0 Å². The smallest absolute Gasteiger partial charge is 0.348 e. The molecule has 1 atom stereocenters. The van der Waals surface area contributed by atoms with E-state index in [1.807, 2.05) is 0 Å². The molecule has 3 aromatic rings. The monoisotopic (exact) mass is 517 g/mol. The summed E-state index contributed by atoms with van der Waals surface area (Å²) in [4.78, 5) is 57.6. The van der Waals surface area contributed by atoms with Crippen LogP contribution in [0, 0.1) is 12.8 Å². The number of nitrogens with zero attached hydrogens (tertiary/aromatic N) is 2. The Balaban J connectivity index is 1.62. The summed E-state index contributed by atoms with van der Waals surface area (Å²) in [6.45, 7) is 7.20. The molecule has 1 amide bonds. The summed E-state index contributed by atoms with van der Waals surface area (Å²) in [7, 11) is 0. The topological polar surface area (TPSA) is 117 Å². The standard InChI is InChI=1S/C24H27N3O6S2/c1-5-32-23(30)17-13(4)19(24(31)33-6-2)35-21(17)26-16(28)10-27-11-25-20-18(22(27)29)14-8-7-12(3)9-15(14)34-20/h11-12H,5-10H2,1-4H3,(H,26,28)/t12-/m0/s1. The summed E-state index contributed by atoms with van der Waals surface area (Å²) in [6.07, 6.45) is 4.17. The lowest BCUT2D eigenvalue weighted by molar-refractivity contribution is -0.116. The van der Waals surface area contributed by atoms with Crippen LogP contribution in [-0.4, -0.2) is 40.6 Å². The second kappa shape index (κ2) is 10.3. The van der Waals surface area contributed by atoms with Crippen molar-refractivity contribution >= 4 is 55.7 Å². The largest absolute Gasteiger partial charge is 0.462 e. The lowest BCUT2D eigenvalue weighted by Crippen LogP contribution is -2.28. The van der Waals surface area contributed by atoms with Crippen LogP contribution in [-0.2, 0) is 33.7 Å². The number of ether oxygens (including phenoxy) is 2. The summed E-state index contributed by atoms with van der Waals surface area (Å²) in [6, 6.07) is 0. The molecule has 0 saturated heterocycles. The van der Waals surface area contributed by atoms with Gasteiger partial charge in [0.2, 0.25) is 5.91 Å². The number of fused-ring (bicyclic) bond motifs is 3. The highest BCUT2D eigenvalue weighted by atomic mass is 32.1. The van der Waals surface area contributed by atoms with Gasteiger partial charge in [-0.3, -0.25) is 14.2 Å². The molecule has 1 aliphatic carbocycles. The lowest BCUT2D eigenvalue weighted by Gasteiger charge is -2.17. The number of anilines is 1. The van der Waals surface area contributed by atoms with Crippen molar-refractivity contribution < 1.29 is 23.9 Å². The zero-order chi connectivity index (χ0) is 25.3. The van der Waals surface area contributed by atoms with Crippen molar-refractivity contribution in [2.75, 3.05) is 18.5 Å². The number of carbonyl (C=O) groups is 3. The first-order valence-electron chi connectivity index (χ1n) is 11.5. The number of rotatable bonds is 7. The van der Waals surface area contributed by atoms with Crippen LogP contribution in [0.4, 0.5) is 5.00 Å². The van der Waals surface area contributed by atoms with Crippen molar-refractivity contribution in [2.45, 2.75) is 53.5 Å². The average molecular weight is 518 g/mol. The maximum Gasteiger partial charge on any atom is 0.348 e. The van der Waals surface area contributed by atoms with Gasteiger partial charge in [0, 0.05) is 4.88 Å². The van der Waals surface area contributed by atoms with Crippen LogP contribution in [0.15, 0.2) is 11.1 Å². The number of aryl methyl sites for hydroxylation is 1. The van der Waals surface area contributed by atoms with E-state index in [0.717, 1.165) is 36.2 Å². The zero-order valence-electron chi connectivity index (χ0n) is 20.1. The van der Waals surface area contributed by atoms with Gasteiger partial charge in [-0.25, -0.2) is 14.6 Å². The highest BCUT2D eigenvalue weighted by molar-refractivity contribution is 7.19. The minimum Gasteiger partial charge on any atom is -0.462 e. The Morgan fingerprint density at radius 1 is 1.17 bits per heavy atom. The molecule has 0 spiro atoms. The van der Waals surface area contributed by atoms with Crippen LogP contribution in [0.25, 0.3) is 10.2 Å². The van der Waals surface area contributed by atoms with E-state index in [1.54, 1.807) is 32.1 Å². The second-order valence-electron chi connectivity index (χ2n) is 8.46. The molecule has 0 aliphatic heterocycles. The fourth-order valence-corrected chi connectivity index (χ4v) is 6.69. The molecule has 0 aromatic carbocycles. The molecular weight excluding hydrogens is 490 g/mol. The van der Waals surface area contributed by atoms with Gasteiger partial charge in [0.25, 0.3) is 5.56 Å². The van der Waals surface area contributed by atoms with E-state index in [4.69, 9.17) is 9.47 Å². The summed E-state index contributed by atoms with van der Waals surface area (Å²) < 4.78 is 11.5. The van der Waals surface area contributed by atoms with Crippen molar-refractivity contribution in [3.63, 3.8) is 0 Å². The first-order chi connectivity index (χ1) is 16.7. The SMILES string of the molecule is CCOC(=O)c1sc(NC(=O)Cn2cnc3sc4c(c3c2=O)CC[C@H](C)C4)c(C(=O)OCC)c1C. The highest BCUT2D eigenvalue weighted by Crippen LogP contribution is 2.36. The number of carbonyl (C=O) groups excluding carboxylic acids is 3. The molecule has 35 heavy (non-hydrogen) atoms. The van der Waals surface area contributed by atoms with Gasteiger partial charge in [0.15, 0.2) is 0 Å². The number of hydrogen-bond acceptors (Lipinski definition) is 9. The van der Waals surface area contributed by atoms with Crippen LogP contribution in [0.5, 0.6) is 0 Å². The molecule has 0 fully saturated rings. The predicted molar refractivity (Wildman–Crippen MR) is 135 cm³/mol. The molecule has 11 heteroatoms. The lowest BCUT2D eigenvalue weighted by atomic mass is 9.89. The Hall–Kier alpha value is -3.05. The van der Waals surface area contributed by atoms with Gasteiger partial charge in [-0.05, 0) is 57.1 Å². The maximum absolute atomic E-state index is 13.2. The average Bonchev–Trinajstić information content (AvgIpc) is 3.33. The molecule has 0 saturated carbocycles. The van der Waals surface area contributed by atoms with E-state index in [-0.39, 0.29) is 40.8 Å². The van der Waals surface area contributed by atoms with Gasteiger partial charge in [0.05, 0.1) is 30.5 Å². The molecule has 186 valence electrons. The number of hydrogen-bond donors (Lipinski definition) is 1. The van der Waals surface area contributed by atoms with Crippen LogP contribution in [0.2, 0.25) is 0 Å². The summed E-state index contributed by atoms with van der Waals surface area (Å²) in [5, 5.41) is 3.45. The fourth-order valence-electron chi connectivity index (χ4n) is 4.24. The molecular formula is C24H27N3O6S2. The highest BCUT2D eigenvalue weighted by Gasteiger charge is 2.28. The van der Waals surface area contributed by atoms with E-state index in [0.29, 0.717) is 21.7 Å². The van der Waals surface area contributed by atoms with Gasteiger partial charge in [-0.1, -0.05) is 6.92 Å². The molecule has 0 radical (unpaired) electrons. The number of nitrogens with one attached hydrogen (secondary N) is 1. The summed E-state index contributed by atoms with van der Waals surface area (Å²) in [5.41, 5.74) is 1.28. The van der Waals surface area contributed by atoms with Crippen LogP contribution >= 0.6 is 22.7 Å². The quantitative estimate of drug-likeness (QED) is 0.472. The second-order valence-corrected chi connectivity index (χ2v) is 10.6. The Morgan fingerprint density at radius 2 is 1.89 bits per heavy atom. The van der Waals surface area contributed by atoms with Crippen LogP contribution in [0.1, 0.15) is 63.2 Å². The fraction of sp³-hybridized carbons (Fsp3) is 0.458. The maximum atomic E-state index is 13.2. The van der Waals surface area contributed by atoms with E-state index in [9.17, 15) is 19.2 Å². The first-order valence-corrected chi connectivity index (χ1v) is 13.2. The van der Waals surface area contributed by atoms with Crippen LogP contribution in [0.3, 0.4) is 0 Å². The molecule has 1 aliphatic rings. The first kappa shape index (κ1) is 25.1. The Morgan fingerprint density at radius 3 is 2.60 bits per heavy atom. The molecule has 4 rings (SSSR count). The van der Waals surface area contributed by atoms with Crippen molar-refractivity contribution in [3.8, 4) is 0 Å². The number of esters is 2. The van der Waals surface area contributed by atoms with E-state index in [1.165, 1.54) is 15.8 Å². The van der Waals surface area contributed by atoms with Gasteiger partial charge in [0.1, 0.15) is 21.3 Å². The van der Waals surface area contributed by atoms with Gasteiger partial charge < -0.3 is 14.8 Å². The van der Waals surface area contributed by atoms with E-state index < -0.39 is 17.8 Å². The Kier molecular flexibility index (Phi) is 7.36. The van der Waals surface area contributed by atoms with Crippen LogP contribution < -0.4 is 10.9 Å². The van der Waals surface area contributed by atoms with E-state index in [2.05, 4.69) is 17.2 Å². The van der Waals surface area contributed by atoms with Gasteiger partial charge in [-0.15, -0.1) is 22.7 Å². The van der Waals surface area contributed by atoms with Gasteiger partial charge >= 0.3 is 11.9 Å². The Bertz CT molecular complexity index is 1370. The molecule has 3 aromatic heterocycles. The molecule has 0 bridgehead atoms. The van der Waals surface area contributed by atoms with Crippen molar-refractivity contribution in [3.05, 3.63) is 43.1 Å². The summed E-state index contributed by atoms with van der Waals surface area (Å²) in [5.74, 6) is -1.17. The molecule has 1 N–H and O–H groups in total. The normalized spacial score (nSPS) is 15.0. The molecule has 0 unspecified atom stereocenters. The third-order valence-electron chi connectivity index (χ3n) is 5.94. The van der Waals surface area contributed by atoms with Crippen molar-refractivity contribution in [1.82, 2.24) is 9.55 Å². The number of aromatic nitrogens is 2.